The fourth-order valence-electron chi connectivity index (χ4n) is 1.10. The first-order chi connectivity index (χ1) is 5.01. The van der Waals surface area contributed by atoms with Crippen molar-refractivity contribution < 1.29 is 4.74 Å². The molecule has 2 heteroatoms. The molecule has 0 atom stereocenters. The zero-order valence-electron chi connectivity index (χ0n) is 7.85. The van der Waals surface area contributed by atoms with Crippen LogP contribution in [0, 0.1) is 0 Å². The van der Waals surface area contributed by atoms with Gasteiger partial charge < -0.3 is 9.64 Å². The molecule has 11 heavy (non-hydrogen) atoms. The summed E-state index contributed by atoms with van der Waals surface area (Å²) in [5, 5.41) is 0. The van der Waals surface area contributed by atoms with Gasteiger partial charge in [-0.15, -0.1) is 0 Å². The minimum absolute atomic E-state index is 0.0412. The predicted octanol–water partition coefficient (Wildman–Crippen LogP) is 1.98. The van der Waals surface area contributed by atoms with Crippen LogP contribution in [0.3, 0.4) is 0 Å². The second-order valence-electron chi connectivity index (χ2n) is 3.88. The van der Waals surface area contributed by atoms with Gasteiger partial charge in [-0.05, 0) is 26.7 Å². The van der Waals surface area contributed by atoms with Gasteiger partial charge in [0, 0.05) is 19.8 Å². The highest BCUT2D eigenvalue weighted by atomic mass is 16.5. The van der Waals surface area contributed by atoms with Gasteiger partial charge in [0.05, 0.1) is 0 Å². The third kappa shape index (κ3) is 2.14. The van der Waals surface area contributed by atoms with Gasteiger partial charge >= 0.3 is 0 Å². The van der Waals surface area contributed by atoms with Crippen molar-refractivity contribution in [1.82, 2.24) is 4.90 Å². The van der Waals surface area contributed by atoms with Gasteiger partial charge in [-0.3, -0.25) is 0 Å². The quantitative estimate of drug-likeness (QED) is 0.574. The van der Waals surface area contributed by atoms with Crippen LogP contribution in [0.1, 0.15) is 26.7 Å². The minimum Gasteiger partial charge on any atom is -0.494 e. The molecule has 1 rings (SSSR count). The second-order valence-corrected chi connectivity index (χ2v) is 3.88. The molecule has 64 valence electrons. The van der Waals surface area contributed by atoms with Crippen molar-refractivity contribution in [2.24, 2.45) is 0 Å². The molecule has 1 aliphatic rings. The first kappa shape index (κ1) is 8.44. The summed E-state index contributed by atoms with van der Waals surface area (Å²) < 4.78 is 5.54. The van der Waals surface area contributed by atoms with E-state index in [1.54, 1.807) is 0 Å². The molecular weight excluding hydrogens is 138 g/mol. The van der Waals surface area contributed by atoms with Crippen molar-refractivity contribution in [3.05, 3.63) is 12.0 Å². The maximum atomic E-state index is 5.54. The second kappa shape index (κ2) is 2.76. The maximum absolute atomic E-state index is 5.54. The largest absolute Gasteiger partial charge is 0.494 e. The molecule has 0 unspecified atom stereocenters. The van der Waals surface area contributed by atoms with Crippen LogP contribution in [-0.2, 0) is 4.74 Å². The summed E-state index contributed by atoms with van der Waals surface area (Å²) in [7, 11) is 4.10. The molecule has 0 aromatic carbocycles. The lowest BCUT2D eigenvalue weighted by Crippen LogP contribution is -2.28. The summed E-state index contributed by atoms with van der Waals surface area (Å²) in [5.74, 6) is 0. The number of allylic oxidation sites excluding steroid dienone is 1. The Balaban J connectivity index is 2.58. The highest BCUT2D eigenvalue weighted by molar-refractivity contribution is 5.01. The zero-order chi connectivity index (χ0) is 8.48. The Hall–Kier alpha value is -0.660. The van der Waals surface area contributed by atoms with Crippen molar-refractivity contribution in [3.63, 3.8) is 0 Å². The van der Waals surface area contributed by atoms with E-state index in [0.717, 1.165) is 12.8 Å². The Labute approximate surface area is 68.8 Å². The highest BCUT2D eigenvalue weighted by Gasteiger charge is 2.23. The third-order valence-electron chi connectivity index (χ3n) is 2.07. The number of ether oxygens (including phenoxy) is 1. The standard InChI is InChI=1S/C9H17NO/c1-9(2)6-5-8(7-11-9)10(3)4/h7H,5-6H2,1-4H3. The molecular formula is C9H17NO. The smallest absolute Gasteiger partial charge is 0.103 e. The molecule has 1 heterocycles. The van der Waals surface area contributed by atoms with Crippen molar-refractivity contribution >= 4 is 0 Å². The fourth-order valence-corrected chi connectivity index (χ4v) is 1.10. The Kier molecular flexibility index (Phi) is 2.12. The fraction of sp³-hybridized carbons (Fsp3) is 0.778. The monoisotopic (exact) mass is 155 g/mol. The van der Waals surface area contributed by atoms with E-state index < -0.39 is 0 Å². The van der Waals surface area contributed by atoms with Gasteiger partial charge in [0.2, 0.25) is 0 Å². The van der Waals surface area contributed by atoms with Crippen LogP contribution < -0.4 is 0 Å². The molecule has 1 aliphatic heterocycles. The Bertz CT molecular complexity index is 170. The Morgan fingerprint density at radius 3 is 2.45 bits per heavy atom. The molecule has 0 spiro atoms. The maximum Gasteiger partial charge on any atom is 0.103 e. The summed E-state index contributed by atoms with van der Waals surface area (Å²) in [5.41, 5.74) is 1.32. The molecule has 0 aliphatic carbocycles. The topological polar surface area (TPSA) is 12.5 Å². The molecule has 0 radical (unpaired) electrons. The van der Waals surface area contributed by atoms with Gasteiger partial charge in [-0.2, -0.15) is 0 Å². The number of hydrogen-bond acceptors (Lipinski definition) is 2. The predicted molar refractivity (Wildman–Crippen MR) is 46.2 cm³/mol. The van der Waals surface area contributed by atoms with E-state index >= 15 is 0 Å². The van der Waals surface area contributed by atoms with Crippen LogP contribution in [0.5, 0.6) is 0 Å². The number of hydrogen-bond donors (Lipinski definition) is 0. The third-order valence-corrected chi connectivity index (χ3v) is 2.07. The lowest BCUT2D eigenvalue weighted by atomic mass is 9.99. The molecule has 0 saturated heterocycles. The van der Waals surface area contributed by atoms with Gasteiger partial charge in [-0.25, -0.2) is 0 Å². The summed E-state index contributed by atoms with van der Waals surface area (Å²) in [6.07, 6.45) is 4.11. The van der Waals surface area contributed by atoms with Gasteiger partial charge in [-0.1, -0.05) is 0 Å². The van der Waals surface area contributed by atoms with E-state index in [1.807, 2.05) is 20.4 Å². The van der Waals surface area contributed by atoms with Crippen LogP contribution >= 0.6 is 0 Å². The Morgan fingerprint density at radius 2 is 2.09 bits per heavy atom. The molecule has 0 fully saturated rings. The van der Waals surface area contributed by atoms with Gasteiger partial charge in [0.15, 0.2) is 0 Å². The number of nitrogens with zero attached hydrogens (tertiary/aromatic N) is 1. The summed E-state index contributed by atoms with van der Waals surface area (Å²) in [6, 6.07) is 0. The normalized spacial score (nSPS) is 22.0. The van der Waals surface area contributed by atoms with Crippen molar-refractivity contribution in [2.75, 3.05) is 14.1 Å². The molecule has 0 N–H and O–H groups in total. The average Bonchev–Trinajstić information content (AvgIpc) is 1.86. The van der Waals surface area contributed by atoms with Crippen LogP contribution in [0.4, 0.5) is 0 Å². The first-order valence-electron chi connectivity index (χ1n) is 4.05. The lowest BCUT2D eigenvalue weighted by Gasteiger charge is -2.31. The van der Waals surface area contributed by atoms with E-state index in [4.69, 9.17) is 4.74 Å². The summed E-state index contributed by atoms with van der Waals surface area (Å²) in [6.45, 7) is 4.24. The number of rotatable bonds is 1. The molecule has 0 amide bonds. The van der Waals surface area contributed by atoms with E-state index in [9.17, 15) is 0 Å². The van der Waals surface area contributed by atoms with Crippen LogP contribution in [0.15, 0.2) is 12.0 Å². The molecule has 2 nitrogen and oxygen atoms in total. The van der Waals surface area contributed by atoms with Crippen molar-refractivity contribution in [1.29, 1.82) is 0 Å². The van der Waals surface area contributed by atoms with Gasteiger partial charge in [0.25, 0.3) is 0 Å². The van der Waals surface area contributed by atoms with Crippen LogP contribution in [-0.4, -0.2) is 24.6 Å². The van der Waals surface area contributed by atoms with E-state index in [2.05, 4.69) is 18.7 Å². The van der Waals surface area contributed by atoms with E-state index in [-0.39, 0.29) is 5.60 Å². The SMILES string of the molecule is CN(C)C1=COC(C)(C)CC1. The highest BCUT2D eigenvalue weighted by Crippen LogP contribution is 2.26. The lowest BCUT2D eigenvalue weighted by molar-refractivity contribution is 0.0296. The Morgan fingerprint density at radius 1 is 1.45 bits per heavy atom. The van der Waals surface area contributed by atoms with Crippen LogP contribution in [0.2, 0.25) is 0 Å². The average molecular weight is 155 g/mol. The van der Waals surface area contributed by atoms with Crippen molar-refractivity contribution in [2.45, 2.75) is 32.3 Å². The molecule has 0 saturated carbocycles. The van der Waals surface area contributed by atoms with Crippen molar-refractivity contribution in [3.8, 4) is 0 Å². The zero-order valence-corrected chi connectivity index (χ0v) is 7.85. The first-order valence-corrected chi connectivity index (χ1v) is 4.05. The van der Waals surface area contributed by atoms with E-state index in [0.29, 0.717) is 0 Å². The van der Waals surface area contributed by atoms with E-state index in [1.165, 1.54) is 5.70 Å². The summed E-state index contributed by atoms with van der Waals surface area (Å²) in [4.78, 5) is 2.11. The molecule has 0 bridgehead atoms. The van der Waals surface area contributed by atoms with Gasteiger partial charge in [0.1, 0.15) is 11.9 Å². The summed E-state index contributed by atoms with van der Waals surface area (Å²) >= 11 is 0. The molecule has 0 aromatic heterocycles. The molecule has 0 aromatic rings. The minimum atomic E-state index is 0.0412. The van der Waals surface area contributed by atoms with Crippen LogP contribution in [0.25, 0.3) is 0 Å².